The van der Waals surface area contributed by atoms with E-state index >= 15 is 0 Å². The smallest absolute Gasteiger partial charge is 0.358 e. The molecule has 0 amide bonds. The lowest BCUT2D eigenvalue weighted by atomic mass is 10.3. The number of rotatable bonds is 2. The van der Waals surface area contributed by atoms with E-state index in [0.717, 1.165) is 0 Å². The van der Waals surface area contributed by atoms with Crippen molar-refractivity contribution < 1.29 is 14.3 Å². The summed E-state index contributed by atoms with van der Waals surface area (Å²) in [7, 11) is 0. The Balaban J connectivity index is 2.57. The number of nitrogens with zero attached hydrogens (tertiary/aromatic N) is 3. The number of aromatic nitrogens is 3. The molecule has 2 aromatic rings. The number of carboxylic acids is 1. The van der Waals surface area contributed by atoms with Gasteiger partial charge in [-0.1, -0.05) is 5.21 Å². The van der Waals surface area contributed by atoms with E-state index < -0.39 is 5.97 Å². The van der Waals surface area contributed by atoms with Crippen LogP contribution in [0.3, 0.4) is 0 Å². The fourth-order valence-corrected chi connectivity index (χ4v) is 2.11. The first-order valence-electron chi connectivity index (χ1n) is 4.61. The minimum atomic E-state index is -1.13. The van der Waals surface area contributed by atoms with Crippen LogP contribution < -0.4 is 0 Å². The molecule has 1 N–H and O–H groups in total. The van der Waals surface area contributed by atoms with E-state index in [-0.39, 0.29) is 11.5 Å². The van der Waals surface area contributed by atoms with Crippen molar-refractivity contribution in [1.82, 2.24) is 15.0 Å². The summed E-state index contributed by atoms with van der Waals surface area (Å²) < 4.78 is 15.0. The van der Waals surface area contributed by atoms with Crippen LogP contribution in [-0.2, 0) is 0 Å². The summed E-state index contributed by atoms with van der Waals surface area (Å²) in [5.41, 5.74) is 0.900. The van der Waals surface area contributed by atoms with Crippen molar-refractivity contribution in [2.75, 3.05) is 0 Å². The van der Waals surface area contributed by atoms with E-state index in [1.54, 1.807) is 6.92 Å². The minimum Gasteiger partial charge on any atom is -0.476 e. The van der Waals surface area contributed by atoms with Gasteiger partial charge in [0.2, 0.25) is 0 Å². The first-order valence-corrected chi connectivity index (χ1v) is 5.69. The maximum atomic E-state index is 13.0. The monoisotopic (exact) mass is 347 g/mol. The van der Waals surface area contributed by atoms with Gasteiger partial charge in [0.15, 0.2) is 5.69 Å². The van der Waals surface area contributed by atoms with Gasteiger partial charge in [-0.2, -0.15) is 0 Å². The summed E-state index contributed by atoms with van der Waals surface area (Å²) >= 11 is 1.96. The van der Waals surface area contributed by atoms with E-state index in [4.69, 9.17) is 5.11 Å². The summed E-state index contributed by atoms with van der Waals surface area (Å²) in [6, 6.07) is 4.17. The number of hydrogen-bond acceptors (Lipinski definition) is 3. The van der Waals surface area contributed by atoms with Crippen LogP contribution in [-0.4, -0.2) is 26.1 Å². The molecule has 1 heterocycles. The van der Waals surface area contributed by atoms with Crippen molar-refractivity contribution in [2.45, 2.75) is 6.92 Å². The predicted molar refractivity (Wildman–Crippen MR) is 65.7 cm³/mol. The van der Waals surface area contributed by atoms with Gasteiger partial charge in [-0.15, -0.1) is 5.10 Å². The molecule has 5 nitrogen and oxygen atoms in total. The van der Waals surface area contributed by atoms with Crippen LogP contribution in [0.15, 0.2) is 18.2 Å². The van der Waals surface area contributed by atoms with Gasteiger partial charge < -0.3 is 5.11 Å². The van der Waals surface area contributed by atoms with Gasteiger partial charge in [0.05, 0.1) is 11.4 Å². The van der Waals surface area contributed by atoms with Crippen molar-refractivity contribution in [1.29, 1.82) is 0 Å². The van der Waals surface area contributed by atoms with E-state index in [2.05, 4.69) is 10.3 Å². The van der Waals surface area contributed by atoms with Crippen molar-refractivity contribution >= 4 is 28.6 Å². The highest BCUT2D eigenvalue weighted by molar-refractivity contribution is 14.1. The van der Waals surface area contributed by atoms with E-state index in [9.17, 15) is 9.18 Å². The second-order valence-electron chi connectivity index (χ2n) is 3.34. The summed E-state index contributed by atoms with van der Waals surface area (Å²) in [4.78, 5) is 10.8. The lowest BCUT2D eigenvalue weighted by Gasteiger charge is -2.05. The third-order valence-corrected chi connectivity index (χ3v) is 3.10. The molecule has 0 spiro atoms. The van der Waals surface area contributed by atoms with Gasteiger partial charge in [0.1, 0.15) is 5.82 Å². The Morgan fingerprint density at radius 1 is 1.53 bits per heavy atom. The van der Waals surface area contributed by atoms with Crippen LogP contribution in [0.4, 0.5) is 4.39 Å². The molecule has 1 aromatic heterocycles. The molecule has 0 saturated heterocycles. The van der Waals surface area contributed by atoms with Gasteiger partial charge >= 0.3 is 5.97 Å². The Hall–Kier alpha value is -1.51. The third kappa shape index (κ3) is 2.14. The van der Waals surface area contributed by atoms with Crippen LogP contribution in [0, 0.1) is 16.3 Å². The predicted octanol–water partition coefficient (Wildman–Crippen LogP) is 2.02. The fraction of sp³-hybridized carbons (Fsp3) is 0.100. The highest BCUT2D eigenvalue weighted by Gasteiger charge is 2.17. The third-order valence-electron chi connectivity index (χ3n) is 2.24. The van der Waals surface area contributed by atoms with Gasteiger partial charge in [0.25, 0.3) is 0 Å². The molecule has 2 rings (SSSR count). The van der Waals surface area contributed by atoms with Crippen molar-refractivity contribution in [3.05, 3.63) is 39.0 Å². The largest absolute Gasteiger partial charge is 0.476 e. The van der Waals surface area contributed by atoms with Crippen molar-refractivity contribution in [2.24, 2.45) is 0 Å². The summed E-state index contributed by atoms with van der Waals surface area (Å²) in [6.07, 6.45) is 0. The molecule has 0 radical (unpaired) electrons. The second-order valence-corrected chi connectivity index (χ2v) is 4.50. The second kappa shape index (κ2) is 4.40. The first kappa shape index (κ1) is 12.0. The normalized spacial score (nSPS) is 10.5. The molecule has 7 heteroatoms. The average molecular weight is 347 g/mol. The zero-order valence-electron chi connectivity index (χ0n) is 8.69. The van der Waals surface area contributed by atoms with E-state index in [1.807, 2.05) is 22.6 Å². The zero-order chi connectivity index (χ0) is 12.6. The molecule has 0 bridgehead atoms. The van der Waals surface area contributed by atoms with Crippen LogP contribution in [0.5, 0.6) is 0 Å². The summed E-state index contributed by atoms with van der Waals surface area (Å²) in [5.74, 6) is -1.49. The Kier molecular flexibility index (Phi) is 3.09. The lowest BCUT2D eigenvalue weighted by molar-refractivity contribution is 0.0689. The SMILES string of the molecule is Cc1c(C(=O)O)nnn1-c1ccc(F)cc1I. The van der Waals surface area contributed by atoms with Crippen LogP contribution in [0.1, 0.15) is 16.2 Å². The minimum absolute atomic E-state index is 0.106. The number of hydrogen-bond donors (Lipinski definition) is 1. The zero-order valence-corrected chi connectivity index (χ0v) is 10.8. The molecule has 0 saturated carbocycles. The van der Waals surface area contributed by atoms with Crippen molar-refractivity contribution in [3.8, 4) is 5.69 Å². The Morgan fingerprint density at radius 3 is 2.76 bits per heavy atom. The maximum Gasteiger partial charge on any atom is 0.358 e. The average Bonchev–Trinajstić information content (AvgIpc) is 2.60. The van der Waals surface area contributed by atoms with Gasteiger partial charge in [-0.25, -0.2) is 13.9 Å². The molecule has 88 valence electrons. The molecule has 1 aromatic carbocycles. The van der Waals surface area contributed by atoms with Crippen LogP contribution in [0.2, 0.25) is 0 Å². The van der Waals surface area contributed by atoms with Crippen molar-refractivity contribution in [3.63, 3.8) is 0 Å². The van der Waals surface area contributed by atoms with E-state index in [0.29, 0.717) is 15.0 Å². The highest BCUT2D eigenvalue weighted by Crippen LogP contribution is 2.19. The standard InChI is InChI=1S/C10H7FIN3O2/c1-5-9(10(16)17)13-14-15(5)8-3-2-6(11)4-7(8)12/h2-4H,1H3,(H,16,17). The molecular formula is C10H7FIN3O2. The molecule has 0 atom stereocenters. The Labute approximate surface area is 109 Å². The Bertz CT molecular complexity index is 597. The summed E-state index contributed by atoms with van der Waals surface area (Å²) in [5, 5.41) is 16.2. The topological polar surface area (TPSA) is 68.0 Å². The number of carboxylic acid groups (broad SMARTS) is 1. The van der Waals surface area contributed by atoms with Gasteiger partial charge in [0, 0.05) is 3.57 Å². The Morgan fingerprint density at radius 2 is 2.24 bits per heavy atom. The molecule has 17 heavy (non-hydrogen) atoms. The number of benzene rings is 1. The molecule has 0 unspecified atom stereocenters. The quantitative estimate of drug-likeness (QED) is 0.844. The fourth-order valence-electron chi connectivity index (χ4n) is 1.41. The first-order chi connectivity index (χ1) is 8.00. The van der Waals surface area contributed by atoms with Crippen LogP contribution in [0.25, 0.3) is 5.69 Å². The number of aromatic carboxylic acids is 1. The van der Waals surface area contributed by atoms with Gasteiger partial charge in [-0.3, -0.25) is 0 Å². The number of halogens is 2. The molecule has 0 aliphatic carbocycles. The molecular weight excluding hydrogens is 340 g/mol. The van der Waals surface area contributed by atoms with Crippen LogP contribution >= 0.6 is 22.6 Å². The lowest BCUT2D eigenvalue weighted by Crippen LogP contribution is -2.04. The van der Waals surface area contributed by atoms with E-state index in [1.165, 1.54) is 22.9 Å². The molecule has 0 aliphatic rings. The maximum absolute atomic E-state index is 13.0. The number of carbonyl (C=O) groups is 1. The molecule has 0 fully saturated rings. The van der Waals surface area contributed by atoms with Gasteiger partial charge in [-0.05, 0) is 47.7 Å². The highest BCUT2D eigenvalue weighted by atomic mass is 127. The molecule has 0 aliphatic heterocycles. The summed E-state index contributed by atoms with van der Waals surface area (Å²) in [6.45, 7) is 1.60.